The molecular formula is C17H24N4O3. The molecule has 0 aromatic carbocycles. The normalized spacial score (nSPS) is 19.0. The highest BCUT2D eigenvalue weighted by atomic mass is 16.4. The van der Waals surface area contributed by atoms with Crippen LogP contribution in [-0.2, 0) is 17.9 Å². The van der Waals surface area contributed by atoms with Crippen molar-refractivity contribution < 1.29 is 14.3 Å². The van der Waals surface area contributed by atoms with Crippen molar-refractivity contribution in [3.8, 4) is 0 Å². The summed E-state index contributed by atoms with van der Waals surface area (Å²) in [6.07, 6.45) is 5.56. The molecule has 1 fully saturated rings. The Morgan fingerprint density at radius 1 is 1.50 bits per heavy atom. The Morgan fingerprint density at radius 3 is 3.04 bits per heavy atom. The Bertz CT molecular complexity index is 692. The van der Waals surface area contributed by atoms with E-state index in [-0.39, 0.29) is 6.54 Å². The highest BCUT2D eigenvalue weighted by Gasteiger charge is 2.25. The molecule has 0 amide bonds. The van der Waals surface area contributed by atoms with Gasteiger partial charge in [0.2, 0.25) is 0 Å². The number of oxazole rings is 1. The molecule has 1 saturated heterocycles. The van der Waals surface area contributed by atoms with Crippen LogP contribution in [0.4, 0.5) is 0 Å². The minimum Gasteiger partial charge on any atom is -0.480 e. The maximum Gasteiger partial charge on any atom is 0.325 e. The van der Waals surface area contributed by atoms with Crippen molar-refractivity contribution in [1.82, 2.24) is 19.7 Å². The lowest BCUT2D eigenvalue weighted by molar-refractivity contribution is -0.137. The molecular weight excluding hydrogens is 308 g/mol. The van der Waals surface area contributed by atoms with Crippen LogP contribution in [0.1, 0.15) is 55.8 Å². The number of carboxylic acid groups (broad SMARTS) is 1. The molecule has 1 unspecified atom stereocenters. The summed E-state index contributed by atoms with van der Waals surface area (Å²) in [5.74, 6) is 0.504. The van der Waals surface area contributed by atoms with Gasteiger partial charge in [-0.1, -0.05) is 13.8 Å². The average molecular weight is 332 g/mol. The number of carboxylic acids is 1. The van der Waals surface area contributed by atoms with Crippen LogP contribution < -0.4 is 0 Å². The molecule has 2 aromatic heterocycles. The molecule has 7 heteroatoms. The molecule has 0 spiro atoms. The van der Waals surface area contributed by atoms with Crippen molar-refractivity contribution in [3.63, 3.8) is 0 Å². The van der Waals surface area contributed by atoms with Crippen molar-refractivity contribution in [2.24, 2.45) is 0 Å². The number of nitrogens with zero attached hydrogens (tertiary/aromatic N) is 4. The zero-order chi connectivity index (χ0) is 17.1. The second-order valence-corrected chi connectivity index (χ2v) is 6.71. The van der Waals surface area contributed by atoms with Crippen LogP contribution in [0, 0.1) is 0 Å². The maximum atomic E-state index is 11.0. The third kappa shape index (κ3) is 3.84. The third-order valence-electron chi connectivity index (χ3n) is 4.41. The molecule has 1 N–H and O–H groups in total. The van der Waals surface area contributed by atoms with Crippen LogP contribution in [0.3, 0.4) is 0 Å². The van der Waals surface area contributed by atoms with Crippen LogP contribution >= 0.6 is 0 Å². The number of aliphatic carboxylic acids is 1. The second kappa shape index (κ2) is 7.17. The number of rotatable bonds is 6. The molecule has 1 aliphatic heterocycles. The molecule has 0 bridgehead atoms. The lowest BCUT2D eigenvalue weighted by Crippen LogP contribution is -2.35. The Labute approximate surface area is 141 Å². The SMILES string of the molecule is CC(C)c1nc(CN2CCCC(c3ccnn3CC(=O)O)C2)co1. The minimum absolute atomic E-state index is 0.0835. The van der Waals surface area contributed by atoms with Gasteiger partial charge < -0.3 is 9.52 Å². The van der Waals surface area contributed by atoms with Crippen LogP contribution in [0.25, 0.3) is 0 Å². The maximum absolute atomic E-state index is 11.0. The molecule has 0 radical (unpaired) electrons. The molecule has 24 heavy (non-hydrogen) atoms. The van der Waals surface area contributed by atoms with Crippen molar-refractivity contribution in [3.05, 3.63) is 35.8 Å². The smallest absolute Gasteiger partial charge is 0.325 e. The summed E-state index contributed by atoms with van der Waals surface area (Å²) >= 11 is 0. The average Bonchev–Trinajstić information content (AvgIpc) is 3.16. The van der Waals surface area contributed by atoms with Gasteiger partial charge in [-0.15, -0.1) is 0 Å². The summed E-state index contributed by atoms with van der Waals surface area (Å²) in [5.41, 5.74) is 1.96. The topological polar surface area (TPSA) is 84.4 Å². The first-order chi connectivity index (χ1) is 11.5. The van der Waals surface area contributed by atoms with Gasteiger partial charge >= 0.3 is 5.97 Å². The van der Waals surface area contributed by atoms with E-state index in [0.29, 0.717) is 11.8 Å². The van der Waals surface area contributed by atoms with Crippen LogP contribution in [-0.4, -0.2) is 43.8 Å². The first-order valence-corrected chi connectivity index (χ1v) is 8.43. The zero-order valence-corrected chi connectivity index (χ0v) is 14.2. The predicted octanol–water partition coefficient (Wildman–Crippen LogP) is 2.46. The number of hydrogen-bond donors (Lipinski definition) is 1. The van der Waals surface area contributed by atoms with Gasteiger partial charge in [-0.05, 0) is 25.5 Å². The van der Waals surface area contributed by atoms with Crippen LogP contribution in [0.2, 0.25) is 0 Å². The number of hydrogen-bond acceptors (Lipinski definition) is 5. The molecule has 2 aromatic rings. The van der Waals surface area contributed by atoms with E-state index in [1.807, 2.05) is 6.07 Å². The fourth-order valence-corrected chi connectivity index (χ4v) is 3.28. The summed E-state index contributed by atoms with van der Waals surface area (Å²) in [4.78, 5) is 17.9. The molecule has 0 aliphatic carbocycles. The van der Waals surface area contributed by atoms with E-state index in [2.05, 4.69) is 28.8 Å². The second-order valence-electron chi connectivity index (χ2n) is 6.71. The van der Waals surface area contributed by atoms with E-state index in [0.717, 1.165) is 49.8 Å². The van der Waals surface area contributed by atoms with E-state index in [1.54, 1.807) is 17.1 Å². The summed E-state index contributed by atoms with van der Waals surface area (Å²) in [5, 5.41) is 13.2. The fourth-order valence-electron chi connectivity index (χ4n) is 3.28. The molecule has 130 valence electrons. The molecule has 1 atom stereocenters. The Hall–Kier alpha value is -2.15. The van der Waals surface area contributed by atoms with Gasteiger partial charge in [-0.2, -0.15) is 5.10 Å². The molecule has 0 saturated carbocycles. The first-order valence-electron chi connectivity index (χ1n) is 8.43. The highest BCUT2D eigenvalue weighted by molar-refractivity contribution is 5.66. The summed E-state index contributed by atoms with van der Waals surface area (Å²) in [6, 6.07) is 1.93. The number of carbonyl (C=O) groups is 1. The Kier molecular flexibility index (Phi) is 4.99. The Morgan fingerprint density at radius 2 is 2.33 bits per heavy atom. The third-order valence-corrected chi connectivity index (χ3v) is 4.41. The molecule has 3 rings (SSSR count). The summed E-state index contributed by atoms with van der Waals surface area (Å²) in [7, 11) is 0. The fraction of sp³-hybridized carbons (Fsp3) is 0.588. The van der Waals surface area contributed by atoms with Gasteiger partial charge in [0.05, 0.1) is 5.69 Å². The van der Waals surface area contributed by atoms with Crippen molar-refractivity contribution >= 4 is 5.97 Å². The standard InChI is InChI=1S/C17H24N4O3/c1-12(2)17-19-14(11-24-17)9-20-7-3-4-13(8-20)15-5-6-18-21(15)10-16(22)23/h5-6,11-13H,3-4,7-10H2,1-2H3,(H,22,23). The van der Waals surface area contributed by atoms with Gasteiger partial charge in [-0.25, -0.2) is 4.98 Å². The molecule has 3 heterocycles. The van der Waals surface area contributed by atoms with Gasteiger partial charge in [0.25, 0.3) is 0 Å². The minimum atomic E-state index is -0.864. The number of aromatic nitrogens is 3. The van der Waals surface area contributed by atoms with Crippen LogP contribution in [0.5, 0.6) is 0 Å². The van der Waals surface area contributed by atoms with Gasteiger partial charge in [0.1, 0.15) is 12.8 Å². The zero-order valence-electron chi connectivity index (χ0n) is 14.2. The Balaban J connectivity index is 1.66. The van der Waals surface area contributed by atoms with E-state index in [1.165, 1.54) is 0 Å². The van der Waals surface area contributed by atoms with Gasteiger partial charge in [-0.3, -0.25) is 14.4 Å². The lowest BCUT2D eigenvalue weighted by Gasteiger charge is -2.32. The van der Waals surface area contributed by atoms with Gasteiger partial charge in [0, 0.05) is 36.8 Å². The van der Waals surface area contributed by atoms with Crippen LogP contribution in [0.15, 0.2) is 22.9 Å². The quantitative estimate of drug-likeness (QED) is 0.875. The monoisotopic (exact) mass is 332 g/mol. The predicted molar refractivity (Wildman–Crippen MR) is 87.7 cm³/mol. The van der Waals surface area contributed by atoms with Crippen molar-refractivity contribution in [1.29, 1.82) is 0 Å². The van der Waals surface area contributed by atoms with E-state index >= 15 is 0 Å². The number of likely N-dealkylation sites (tertiary alicyclic amines) is 1. The lowest BCUT2D eigenvalue weighted by atomic mass is 9.94. The number of piperidine rings is 1. The van der Waals surface area contributed by atoms with E-state index in [9.17, 15) is 4.79 Å². The summed E-state index contributed by atoms with van der Waals surface area (Å²) < 4.78 is 7.11. The molecule has 7 nitrogen and oxygen atoms in total. The van der Waals surface area contributed by atoms with E-state index in [4.69, 9.17) is 9.52 Å². The first kappa shape index (κ1) is 16.7. The van der Waals surface area contributed by atoms with Crippen molar-refractivity contribution in [2.45, 2.75) is 51.6 Å². The van der Waals surface area contributed by atoms with E-state index < -0.39 is 5.97 Å². The van der Waals surface area contributed by atoms with Crippen molar-refractivity contribution in [2.75, 3.05) is 13.1 Å². The molecule has 1 aliphatic rings. The summed E-state index contributed by atoms with van der Waals surface area (Å²) in [6.45, 7) is 6.72. The van der Waals surface area contributed by atoms with Gasteiger partial charge in [0.15, 0.2) is 5.89 Å². The highest BCUT2D eigenvalue weighted by Crippen LogP contribution is 2.27. The largest absolute Gasteiger partial charge is 0.480 e.